The highest BCUT2D eigenvalue weighted by Gasteiger charge is 2.37. The Morgan fingerprint density at radius 3 is 2.66 bits per heavy atom. The maximum atomic E-state index is 13.6. The third-order valence-corrected chi connectivity index (χ3v) is 6.91. The van der Waals surface area contributed by atoms with Gasteiger partial charge in [0.05, 0.1) is 26.5 Å². The molecule has 3 aromatic rings. The number of hydrogen-bond donors (Lipinski definition) is 0. The van der Waals surface area contributed by atoms with Crippen molar-refractivity contribution in [2.75, 3.05) is 38.8 Å². The van der Waals surface area contributed by atoms with E-state index in [1.54, 1.807) is 26.4 Å². The minimum Gasteiger partial charge on any atom is -0.497 e. The van der Waals surface area contributed by atoms with Gasteiger partial charge in [0.15, 0.2) is 5.76 Å². The van der Waals surface area contributed by atoms with E-state index in [1.165, 1.54) is 6.26 Å². The average Bonchev–Trinajstić information content (AvgIpc) is 3.68. The van der Waals surface area contributed by atoms with Crippen molar-refractivity contribution in [1.29, 1.82) is 5.26 Å². The van der Waals surface area contributed by atoms with E-state index in [0.29, 0.717) is 37.6 Å². The third kappa shape index (κ3) is 4.32. The standard InChI is InChI=1S/C26H28N4O5/c1-32-18-7-8-22(33-2)19(15-18)21-5-3-11-30(21)25(31)17-9-12-29(13-10-17)26-20(16-27)28-24(35-26)23-6-4-14-34-23/h4,6-8,14-15,17,21H,3,5,9-13H2,1-2H3/t21-/m1/s1. The highest BCUT2D eigenvalue weighted by molar-refractivity contribution is 5.80. The molecule has 1 amide bonds. The van der Waals surface area contributed by atoms with Gasteiger partial charge in [-0.25, -0.2) is 0 Å². The second-order valence-electron chi connectivity index (χ2n) is 8.82. The summed E-state index contributed by atoms with van der Waals surface area (Å²) in [5.41, 5.74) is 1.21. The molecule has 0 spiro atoms. The number of nitriles is 1. The number of aromatic nitrogens is 1. The van der Waals surface area contributed by atoms with E-state index in [0.717, 1.165) is 36.4 Å². The van der Waals surface area contributed by atoms with Gasteiger partial charge < -0.3 is 28.1 Å². The molecule has 1 aromatic carbocycles. The summed E-state index contributed by atoms with van der Waals surface area (Å²) in [6, 6.07) is 11.3. The molecule has 182 valence electrons. The van der Waals surface area contributed by atoms with Gasteiger partial charge >= 0.3 is 0 Å². The molecule has 9 heteroatoms. The first-order valence-electron chi connectivity index (χ1n) is 11.8. The summed E-state index contributed by atoms with van der Waals surface area (Å²) in [4.78, 5) is 21.9. The predicted molar refractivity (Wildman–Crippen MR) is 127 cm³/mol. The first-order chi connectivity index (χ1) is 17.1. The summed E-state index contributed by atoms with van der Waals surface area (Å²) in [5, 5.41) is 9.55. The fraction of sp³-hybridized carbons (Fsp3) is 0.423. The number of anilines is 1. The minimum atomic E-state index is -0.0820. The number of carbonyl (C=O) groups is 1. The number of benzene rings is 1. The van der Waals surface area contributed by atoms with E-state index < -0.39 is 0 Å². The molecule has 4 heterocycles. The highest BCUT2D eigenvalue weighted by atomic mass is 16.5. The Labute approximate surface area is 203 Å². The van der Waals surface area contributed by atoms with Crippen LogP contribution in [0.3, 0.4) is 0 Å². The van der Waals surface area contributed by atoms with E-state index in [2.05, 4.69) is 11.1 Å². The van der Waals surface area contributed by atoms with Gasteiger partial charge in [0, 0.05) is 31.1 Å². The third-order valence-electron chi connectivity index (χ3n) is 6.91. The van der Waals surface area contributed by atoms with Gasteiger partial charge in [0.2, 0.25) is 17.5 Å². The number of carbonyl (C=O) groups excluding carboxylic acids is 1. The Kier molecular flexibility index (Phi) is 6.36. The van der Waals surface area contributed by atoms with Crippen LogP contribution in [0.25, 0.3) is 11.7 Å². The topological polar surface area (TPSA) is 105 Å². The monoisotopic (exact) mass is 476 g/mol. The van der Waals surface area contributed by atoms with Crippen LogP contribution >= 0.6 is 0 Å². The molecule has 5 rings (SSSR count). The van der Waals surface area contributed by atoms with Crippen LogP contribution in [0.15, 0.2) is 45.4 Å². The van der Waals surface area contributed by atoms with Crippen molar-refractivity contribution in [2.45, 2.75) is 31.7 Å². The molecule has 2 fully saturated rings. The normalized spacial score (nSPS) is 18.5. The lowest BCUT2D eigenvalue weighted by Gasteiger charge is -2.35. The van der Waals surface area contributed by atoms with Crippen LogP contribution in [0.1, 0.15) is 43.0 Å². The molecule has 0 radical (unpaired) electrons. The summed E-state index contributed by atoms with van der Waals surface area (Å²) < 4.78 is 22.2. The summed E-state index contributed by atoms with van der Waals surface area (Å²) in [6.07, 6.45) is 4.75. The molecule has 0 unspecified atom stereocenters. The Bertz CT molecular complexity index is 1220. The molecular weight excluding hydrogens is 448 g/mol. The van der Waals surface area contributed by atoms with Crippen LogP contribution < -0.4 is 14.4 Å². The van der Waals surface area contributed by atoms with Crippen LogP contribution in [0.2, 0.25) is 0 Å². The quantitative estimate of drug-likeness (QED) is 0.515. The SMILES string of the molecule is COc1ccc(OC)c([C@H]2CCCN2C(=O)C2CCN(c3oc(-c4ccco4)nc3C#N)CC2)c1. The minimum absolute atomic E-state index is 0.0269. The molecule has 2 aliphatic heterocycles. The number of ether oxygens (including phenoxy) is 2. The molecule has 2 aliphatic rings. The number of piperidine rings is 1. The molecule has 0 N–H and O–H groups in total. The fourth-order valence-electron chi connectivity index (χ4n) is 5.12. The zero-order chi connectivity index (χ0) is 24.4. The largest absolute Gasteiger partial charge is 0.497 e. The number of oxazole rings is 1. The smallest absolute Gasteiger partial charge is 0.266 e. The predicted octanol–water partition coefficient (Wildman–Crippen LogP) is 4.40. The van der Waals surface area contributed by atoms with E-state index in [-0.39, 0.29) is 29.5 Å². The van der Waals surface area contributed by atoms with Crippen LogP contribution in [-0.4, -0.2) is 49.6 Å². The molecule has 1 atom stereocenters. The summed E-state index contributed by atoms with van der Waals surface area (Å²) in [7, 11) is 3.29. The lowest BCUT2D eigenvalue weighted by molar-refractivity contribution is -0.137. The molecular formula is C26H28N4O5. The highest BCUT2D eigenvalue weighted by Crippen LogP contribution is 2.40. The second-order valence-corrected chi connectivity index (χ2v) is 8.82. The van der Waals surface area contributed by atoms with Gasteiger partial charge in [0.25, 0.3) is 5.89 Å². The zero-order valence-corrected chi connectivity index (χ0v) is 19.9. The lowest BCUT2D eigenvalue weighted by Crippen LogP contribution is -2.42. The second kappa shape index (κ2) is 9.74. The number of nitrogens with zero attached hydrogens (tertiary/aromatic N) is 4. The molecule has 2 saturated heterocycles. The van der Waals surface area contributed by atoms with Gasteiger partial charge in [-0.2, -0.15) is 10.2 Å². The van der Waals surface area contributed by atoms with E-state index >= 15 is 0 Å². The van der Waals surface area contributed by atoms with E-state index in [4.69, 9.17) is 18.3 Å². The first kappa shape index (κ1) is 22.8. The number of likely N-dealkylation sites (tertiary alicyclic amines) is 1. The van der Waals surface area contributed by atoms with Crippen LogP contribution in [0.5, 0.6) is 11.5 Å². The van der Waals surface area contributed by atoms with Crippen molar-refractivity contribution in [3.63, 3.8) is 0 Å². The van der Waals surface area contributed by atoms with Gasteiger partial charge in [-0.05, 0) is 56.0 Å². The van der Waals surface area contributed by atoms with Crippen molar-refractivity contribution in [3.05, 3.63) is 47.9 Å². The van der Waals surface area contributed by atoms with Crippen LogP contribution in [-0.2, 0) is 4.79 Å². The summed E-state index contributed by atoms with van der Waals surface area (Å²) in [5.74, 6) is 2.81. The number of methoxy groups -OCH3 is 2. The number of amides is 1. The van der Waals surface area contributed by atoms with Crippen molar-refractivity contribution in [2.24, 2.45) is 5.92 Å². The first-order valence-corrected chi connectivity index (χ1v) is 11.8. The Morgan fingerprint density at radius 1 is 1.14 bits per heavy atom. The molecule has 0 bridgehead atoms. The number of furan rings is 1. The fourth-order valence-corrected chi connectivity index (χ4v) is 5.12. The van der Waals surface area contributed by atoms with Gasteiger partial charge in [-0.3, -0.25) is 4.79 Å². The molecule has 9 nitrogen and oxygen atoms in total. The van der Waals surface area contributed by atoms with Crippen LogP contribution in [0, 0.1) is 17.2 Å². The maximum Gasteiger partial charge on any atom is 0.266 e. The molecule has 35 heavy (non-hydrogen) atoms. The Balaban J connectivity index is 1.29. The summed E-state index contributed by atoms with van der Waals surface area (Å²) in [6.45, 7) is 1.95. The van der Waals surface area contributed by atoms with Crippen molar-refractivity contribution in [1.82, 2.24) is 9.88 Å². The van der Waals surface area contributed by atoms with Crippen LogP contribution in [0.4, 0.5) is 5.88 Å². The molecule has 0 aliphatic carbocycles. The van der Waals surface area contributed by atoms with Gasteiger partial charge in [0.1, 0.15) is 17.6 Å². The Morgan fingerprint density at radius 2 is 1.97 bits per heavy atom. The number of hydrogen-bond acceptors (Lipinski definition) is 8. The van der Waals surface area contributed by atoms with Gasteiger partial charge in [-0.1, -0.05) is 0 Å². The lowest BCUT2D eigenvalue weighted by atomic mass is 9.94. The van der Waals surface area contributed by atoms with Crippen molar-refractivity contribution < 1.29 is 23.1 Å². The molecule has 2 aromatic heterocycles. The van der Waals surface area contributed by atoms with E-state index in [9.17, 15) is 10.1 Å². The Hall–Kier alpha value is -3.93. The zero-order valence-electron chi connectivity index (χ0n) is 19.9. The van der Waals surface area contributed by atoms with Crippen molar-refractivity contribution in [3.8, 4) is 29.2 Å². The van der Waals surface area contributed by atoms with E-state index in [1.807, 2.05) is 28.0 Å². The molecule has 0 saturated carbocycles. The number of rotatable bonds is 6. The maximum absolute atomic E-state index is 13.6. The van der Waals surface area contributed by atoms with Gasteiger partial charge in [-0.15, -0.1) is 0 Å². The van der Waals surface area contributed by atoms with Crippen molar-refractivity contribution >= 4 is 11.8 Å². The summed E-state index contributed by atoms with van der Waals surface area (Å²) >= 11 is 0. The average molecular weight is 477 g/mol.